The highest BCUT2D eigenvalue weighted by molar-refractivity contribution is 5.95. The van der Waals surface area contributed by atoms with Crippen molar-refractivity contribution in [3.8, 4) is 0 Å². The molecule has 2 aromatic heterocycles. The molecule has 0 saturated carbocycles. The average molecular weight is 469 g/mol. The van der Waals surface area contributed by atoms with Gasteiger partial charge in [0, 0.05) is 61.3 Å². The van der Waals surface area contributed by atoms with Gasteiger partial charge < -0.3 is 9.47 Å². The summed E-state index contributed by atoms with van der Waals surface area (Å²) in [5, 5.41) is 0. The first-order valence-corrected chi connectivity index (χ1v) is 12.1. The van der Waals surface area contributed by atoms with Gasteiger partial charge in [0.2, 0.25) is 0 Å². The van der Waals surface area contributed by atoms with Crippen molar-refractivity contribution in [3.63, 3.8) is 0 Å². The zero-order valence-electron chi connectivity index (χ0n) is 19.9. The van der Waals surface area contributed by atoms with Gasteiger partial charge in [-0.2, -0.15) is 0 Å². The van der Waals surface area contributed by atoms with Crippen LogP contribution in [-0.4, -0.2) is 38.4 Å². The topological polar surface area (TPSA) is 51.0 Å². The molecule has 35 heavy (non-hydrogen) atoms. The van der Waals surface area contributed by atoms with Crippen LogP contribution in [0.5, 0.6) is 0 Å². The number of amides is 1. The molecule has 178 valence electrons. The quantitative estimate of drug-likeness (QED) is 0.382. The fraction of sp³-hybridized carbons (Fsp3) is 0.276. The molecule has 1 aliphatic rings. The summed E-state index contributed by atoms with van der Waals surface area (Å²) in [6.07, 6.45) is 6.34. The molecule has 3 heterocycles. The number of hydrogen-bond acceptors (Lipinski definition) is 3. The van der Waals surface area contributed by atoms with E-state index >= 15 is 0 Å². The number of piperidine rings is 1. The third-order valence-corrected chi connectivity index (χ3v) is 6.77. The smallest absolute Gasteiger partial charge is 0.254 e. The maximum atomic E-state index is 13.6. The van der Waals surface area contributed by atoms with Gasteiger partial charge in [0.25, 0.3) is 5.91 Å². The molecule has 0 spiro atoms. The Morgan fingerprint density at radius 3 is 2.69 bits per heavy atom. The molecule has 6 heteroatoms. The van der Waals surface area contributed by atoms with Crippen LogP contribution in [0.4, 0.5) is 4.39 Å². The maximum Gasteiger partial charge on any atom is 0.254 e. The highest BCUT2D eigenvalue weighted by Crippen LogP contribution is 2.28. The van der Waals surface area contributed by atoms with Crippen LogP contribution in [0.1, 0.15) is 57.5 Å². The van der Waals surface area contributed by atoms with Gasteiger partial charge in [-0.15, -0.1) is 0 Å². The van der Waals surface area contributed by atoms with Crippen molar-refractivity contribution in [1.82, 2.24) is 19.4 Å². The third kappa shape index (κ3) is 5.32. The predicted molar refractivity (Wildman–Crippen MR) is 134 cm³/mol. The Balaban J connectivity index is 1.31. The summed E-state index contributed by atoms with van der Waals surface area (Å²) in [4.78, 5) is 24.8. The summed E-state index contributed by atoms with van der Waals surface area (Å²) < 4.78 is 15.3. The molecule has 1 atom stereocenters. The highest BCUT2D eigenvalue weighted by atomic mass is 19.1. The van der Waals surface area contributed by atoms with E-state index in [0.29, 0.717) is 19.5 Å². The summed E-state index contributed by atoms with van der Waals surface area (Å²) in [5.41, 5.74) is 4.75. The van der Waals surface area contributed by atoms with Crippen LogP contribution in [0.15, 0.2) is 79.1 Å². The van der Waals surface area contributed by atoms with Crippen LogP contribution in [0.2, 0.25) is 0 Å². The molecule has 0 aliphatic carbocycles. The van der Waals surface area contributed by atoms with Gasteiger partial charge in [-0.25, -0.2) is 9.37 Å². The fourth-order valence-electron chi connectivity index (χ4n) is 4.83. The number of aryl methyl sites for hydroxylation is 1. The Labute approximate surface area is 205 Å². The second-order valence-electron chi connectivity index (χ2n) is 9.21. The van der Waals surface area contributed by atoms with Gasteiger partial charge in [0.1, 0.15) is 11.6 Å². The predicted octanol–water partition coefficient (Wildman–Crippen LogP) is 5.38. The second kappa shape index (κ2) is 10.2. The largest absolute Gasteiger partial charge is 0.338 e. The van der Waals surface area contributed by atoms with Gasteiger partial charge in [-0.05, 0) is 61.2 Å². The lowest BCUT2D eigenvalue weighted by atomic mass is 9.93. The number of rotatable bonds is 6. The van der Waals surface area contributed by atoms with E-state index < -0.39 is 0 Å². The number of hydrogen-bond donors (Lipinski definition) is 0. The van der Waals surface area contributed by atoms with E-state index in [-0.39, 0.29) is 17.6 Å². The number of aromatic nitrogens is 3. The van der Waals surface area contributed by atoms with E-state index in [1.807, 2.05) is 54.4 Å². The van der Waals surface area contributed by atoms with Gasteiger partial charge >= 0.3 is 0 Å². The van der Waals surface area contributed by atoms with Gasteiger partial charge in [0.15, 0.2) is 0 Å². The zero-order valence-corrected chi connectivity index (χ0v) is 19.9. The zero-order chi connectivity index (χ0) is 24.2. The molecule has 0 unspecified atom stereocenters. The standard InChI is InChI=1S/C29H29FN4O/c1-21-31-15-17-33(21)19-23-6-2-3-9-27(23)29(35)34-16-5-7-24(20-34)28-10-4-8-26(32-28)18-22-11-13-25(30)14-12-22/h2-4,6,8-15,17,24H,5,7,16,18-20H2,1H3/t24-/m0/s1. The molecule has 1 amide bonds. The van der Waals surface area contributed by atoms with Crippen molar-refractivity contribution in [2.45, 2.75) is 38.6 Å². The van der Waals surface area contributed by atoms with E-state index in [1.165, 1.54) is 12.1 Å². The summed E-state index contributed by atoms with van der Waals surface area (Å²) in [6, 6.07) is 20.5. The molecule has 1 fully saturated rings. The van der Waals surface area contributed by atoms with Crippen molar-refractivity contribution in [2.24, 2.45) is 0 Å². The SMILES string of the molecule is Cc1nccn1Cc1ccccc1C(=O)N1CCC[C@H](c2cccc(Cc3ccc(F)cc3)n2)C1. The van der Waals surface area contributed by atoms with E-state index in [1.54, 1.807) is 18.3 Å². The van der Waals surface area contributed by atoms with Gasteiger partial charge in [-0.3, -0.25) is 9.78 Å². The molecule has 0 bridgehead atoms. The number of imidazole rings is 1. The number of halogens is 1. The summed E-state index contributed by atoms with van der Waals surface area (Å²) in [7, 11) is 0. The van der Waals surface area contributed by atoms with Crippen LogP contribution in [0, 0.1) is 12.7 Å². The van der Waals surface area contributed by atoms with Crippen LogP contribution in [0.3, 0.4) is 0 Å². The first-order chi connectivity index (χ1) is 17.1. The van der Waals surface area contributed by atoms with E-state index in [9.17, 15) is 9.18 Å². The molecule has 1 aliphatic heterocycles. The van der Waals surface area contributed by atoms with Gasteiger partial charge in [-0.1, -0.05) is 36.4 Å². The van der Waals surface area contributed by atoms with Crippen molar-refractivity contribution in [3.05, 3.63) is 119 Å². The summed E-state index contributed by atoms with van der Waals surface area (Å²) >= 11 is 0. The number of carbonyl (C=O) groups excluding carboxylic acids is 1. The molecule has 0 radical (unpaired) electrons. The Hall–Kier alpha value is -3.80. The molecular formula is C29H29FN4O. The van der Waals surface area contributed by atoms with E-state index in [2.05, 4.69) is 15.6 Å². The van der Waals surface area contributed by atoms with E-state index in [0.717, 1.165) is 53.3 Å². The monoisotopic (exact) mass is 468 g/mol. The Bertz CT molecular complexity index is 1310. The molecule has 5 rings (SSSR count). The minimum absolute atomic E-state index is 0.0746. The number of likely N-dealkylation sites (tertiary alicyclic amines) is 1. The molecule has 2 aromatic carbocycles. The minimum atomic E-state index is -0.232. The highest BCUT2D eigenvalue weighted by Gasteiger charge is 2.27. The number of nitrogens with zero attached hydrogens (tertiary/aromatic N) is 4. The average Bonchev–Trinajstić information content (AvgIpc) is 3.30. The van der Waals surface area contributed by atoms with Crippen molar-refractivity contribution >= 4 is 5.91 Å². The van der Waals surface area contributed by atoms with Crippen LogP contribution in [0.25, 0.3) is 0 Å². The third-order valence-electron chi connectivity index (χ3n) is 6.77. The minimum Gasteiger partial charge on any atom is -0.338 e. The molecular weight excluding hydrogens is 439 g/mol. The van der Waals surface area contributed by atoms with Crippen molar-refractivity contribution < 1.29 is 9.18 Å². The van der Waals surface area contributed by atoms with Crippen LogP contribution < -0.4 is 0 Å². The maximum absolute atomic E-state index is 13.6. The molecule has 4 aromatic rings. The van der Waals surface area contributed by atoms with Crippen molar-refractivity contribution in [2.75, 3.05) is 13.1 Å². The molecule has 0 N–H and O–H groups in total. The first kappa shape index (κ1) is 23.0. The van der Waals surface area contributed by atoms with Crippen LogP contribution in [-0.2, 0) is 13.0 Å². The normalized spacial score (nSPS) is 15.8. The number of pyridine rings is 1. The molecule has 5 nitrogen and oxygen atoms in total. The Kier molecular flexibility index (Phi) is 6.70. The molecule has 1 saturated heterocycles. The second-order valence-corrected chi connectivity index (χ2v) is 9.21. The fourth-order valence-corrected chi connectivity index (χ4v) is 4.83. The number of carbonyl (C=O) groups is 1. The Morgan fingerprint density at radius 2 is 1.89 bits per heavy atom. The summed E-state index contributed by atoms with van der Waals surface area (Å²) in [5.74, 6) is 0.968. The Morgan fingerprint density at radius 1 is 1.06 bits per heavy atom. The number of benzene rings is 2. The lowest BCUT2D eigenvalue weighted by molar-refractivity contribution is 0.0704. The lowest BCUT2D eigenvalue weighted by Crippen LogP contribution is -2.39. The van der Waals surface area contributed by atoms with Crippen LogP contribution >= 0.6 is 0 Å². The van der Waals surface area contributed by atoms with Crippen molar-refractivity contribution in [1.29, 1.82) is 0 Å². The summed E-state index contributed by atoms with van der Waals surface area (Å²) in [6.45, 7) is 4.00. The van der Waals surface area contributed by atoms with Gasteiger partial charge in [0.05, 0.1) is 0 Å². The first-order valence-electron chi connectivity index (χ1n) is 12.1. The lowest BCUT2D eigenvalue weighted by Gasteiger charge is -2.33. The van der Waals surface area contributed by atoms with E-state index in [4.69, 9.17) is 4.98 Å².